The van der Waals surface area contributed by atoms with Crippen molar-refractivity contribution in [1.82, 2.24) is 14.3 Å². The van der Waals surface area contributed by atoms with Gasteiger partial charge in [-0.15, -0.1) is 0 Å². The summed E-state index contributed by atoms with van der Waals surface area (Å²) < 4.78 is 37.2. The molecule has 148 valence electrons. The molecule has 1 saturated heterocycles. The van der Waals surface area contributed by atoms with Gasteiger partial charge in [0.1, 0.15) is 5.52 Å². The summed E-state index contributed by atoms with van der Waals surface area (Å²) in [6.07, 6.45) is 2.13. The number of rotatable bonds is 4. The number of nitrogens with one attached hydrogen (secondary N) is 2. The standard InChI is InChI=1S/C18H19N3O6S/c1-2-26-18(23)27-14-10-19-16-15(14)12-9-11(5-6-13(12)20-17(16)22)28(24,25)21-7-3-4-8-21/h5-6,9-10,19H,2-4,7-8H2,1H3,(H,20,22). The highest BCUT2D eigenvalue weighted by molar-refractivity contribution is 7.89. The van der Waals surface area contributed by atoms with Gasteiger partial charge in [0.2, 0.25) is 10.0 Å². The fourth-order valence-electron chi connectivity index (χ4n) is 3.43. The zero-order chi connectivity index (χ0) is 19.9. The zero-order valence-electron chi connectivity index (χ0n) is 15.1. The highest BCUT2D eigenvalue weighted by Gasteiger charge is 2.28. The first-order chi connectivity index (χ1) is 13.4. The Balaban J connectivity index is 1.90. The minimum atomic E-state index is -3.64. The first-order valence-corrected chi connectivity index (χ1v) is 10.4. The molecule has 1 aromatic carbocycles. The highest BCUT2D eigenvalue weighted by atomic mass is 32.2. The average Bonchev–Trinajstić information content (AvgIpc) is 3.33. The summed E-state index contributed by atoms with van der Waals surface area (Å²) in [5.74, 6) is 0.0975. The van der Waals surface area contributed by atoms with Crippen LogP contribution in [0.1, 0.15) is 19.8 Å². The molecule has 10 heteroatoms. The van der Waals surface area contributed by atoms with E-state index in [1.165, 1.54) is 22.6 Å². The Morgan fingerprint density at radius 2 is 2.00 bits per heavy atom. The van der Waals surface area contributed by atoms with E-state index in [2.05, 4.69) is 9.97 Å². The molecule has 1 aliphatic heterocycles. The lowest BCUT2D eigenvalue weighted by atomic mass is 10.1. The SMILES string of the molecule is CCOC(=O)Oc1c[nH]c2c(=O)[nH]c3ccc(S(=O)(=O)N4CCCC4)cc3c12. The second-order valence-electron chi connectivity index (χ2n) is 6.46. The molecule has 0 aliphatic carbocycles. The predicted molar refractivity (Wildman–Crippen MR) is 102 cm³/mol. The predicted octanol–water partition coefficient (Wildman–Crippen LogP) is 2.33. The van der Waals surface area contributed by atoms with Crippen molar-refractivity contribution in [2.45, 2.75) is 24.7 Å². The monoisotopic (exact) mass is 405 g/mol. The topological polar surface area (TPSA) is 122 Å². The Bertz CT molecular complexity index is 1220. The normalized spacial score (nSPS) is 15.3. The van der Waals surface area contributed by atoms with Crippen LogP contribution in [0.15, 0.2) is 34.1 Å². The van der Waals surface area contributed by atoms with E-state index in [4.69, 9.17) is 9.47 Å². The van der Waals surface area contributed by atoms with Gasteiger partial charge in [0.15, 0.2) is 5.75 Å². The molecular weight excluding hydrogens is 386 g/mol. The molecule has 28 heavy (non-hydrogen) atoms. The molecule has 1 fully saturated rings. The summed E-state index contributed by atoms with van der Waals surface area (Å²) in [5.41, 5.74) is 0.213. The van der Waals surface area contributed by atoms with Crippen LogP contribution in [0, 0.1) is 0 Å². The van der Waals surface area contributed by atoms with Crippen LogP contribution in [-0.4, -0.2) is 48.5 Å². The molecule has 2 N–H and O–H groups in total. The lowest BCUT2D eigenvalue weighted by Crippen LogP contribution is -2.27. The van der Waals surface area contributed by atoms with Crippen molar-refractivity contribution in [3.05, 3.63) is 34.7 Å². The largest absolute Gasteiger partial charge is 0.513 e. The molecule has 0 radical (unpaired) electrons. The molecule has 0 amide bonds. The summed E-state index contributed by atoms with van der Waals surface area (Å²) >= 11 is 0. The smallest absolute Gasteiger partial charge is 0.434 e. The van der Waals surface area contributed by atoms with Crippen LogP contribution in [0.2, 0.25) is 0 Å². The number of sulfonamides is 1. The maximum Gasteiger partial charge on any atom is 0.513 e. The van der Waals surface area contributed by atoms with Crippen molar-refractivity contribution < 1.29 is 22.7 Å². The van der Waals surface area contributed by atoms with Crippen molar-refractivity contribution in [2.24, 2.45) is 0 Å². The van der Waals surface area contributed by atoms with E-state index in [-0.39, 0.29) is 22.8 Å². The molecular formula is C18H19N3O6S. The van der Waals surface area contributed by atoms with Gasteiger partial charge >= 0.3 is 6.16 Å². The summed E-state index contributed by atoms with van der Waals surface area (Å²) in [6.45, 7) is 2.76. The summed E-state index contributed by atoms with van der Waals surface area (Å²) in [4.78, 5) is 29.7. The van der Waals surface area contributed by atoms with Gasteiger partial charge in [-0.3, -0.25) is 4.79 Å². The third-order valence-electron chi connectivity index (χ3n) is 4.74. The number of hydrogen-bond donors (Lipinski definition) is 2. The summed E-state index contributed by atoms with van der Waals surface area (Å²) in [5, 5.41) is 0.778. The minimum Gasteiger partial charge on any atom is -0.434 e. The Morgan fingerprint density at radius 1 is 1.25 bits per heavy atom. The highest BCUT2D eigenvalue weighted by Crippen LogP contribution is 2.32. The lowest BCUT2D eigenvalue weighted by Gasteiger charge is -2.16. The second kappa shape index (κ2) is 6.95. The van der Waals surface area contributed by atoms with E-state index in [9.17, 15) is 18.0 Å². The number of nitrogens with zero attached hydrogens (tertiary/aromatic N) is 1. The number of fused-ring (bicyclic) bond motifs is 3. The van der Waals surface area contributed by atoms with Crippen molar-refractivity contribution in [3.63, 3.8) is 0 Å². The van der Waals surface area contributed by atoms with Crippen molar-refractivity contribution >= 4 is 38.0 Å². The van der Waals surface area contributed by atoms with E-state index in [1.54, 1.807) is 13.0 Å². The summed E-state index contributed by atoms with van der Waals surface area (Å²) in [6, 6.07) is 4.50. The van der Waals surface area contributed by atoms with Crippen LogP contribution in [0.3, 0.4) is 0 Å². The molecule has 0 atom stereocenters. The number of ether oxygens (including phenoxy) is 2. The van der Waals surface area contributed by atoms with Crippen LogP contribution < -0.4 is 10.3 Å². The van der Waals surface area contributed by atoms with Gasteiger partial charge in [-0.2, -0.15) is 4.31 Å². The van der Waals surface area contributed by atoms with E-state index in [0.717, 1.165) is 12.8 Å². The summed E-state index contributed by atoms with van der Waals surface area (Å²) in [7, 11) is -3.64. The van der Waals surface area contributed by atoms with Crippen molar-refractivity contribution in [3.8, 4) is 5.75 Å². The fraction of sp³-hybridized carbons (Fsp3) is 0.333. The van der Waals surface area contributed by atoms with Gasteiger partial charge in [-0.05, 0) is 38.0 Å². The van der Waals surface area contributed by atoms with E-state index < -0.39 is 21.7 Å². The first-order valence-electron chi connectivity index (χ1n) is 8.93. The Kier molecular flexibility index (Phi) is 4.60. The van der Waals surface area contributed by atoms with Gasteiger partial charge in [-0.25, -0.2) is 13.2 Å². The van der Waals surface area contributed by atoms with Gasteiger partial charge in [0, 0.05) is 30.2 Å². The van der Waals surface area contributed by atoms with Crippen LogP contribution in [0.4, 0.5) is 4.79 Å². The number of hydrogen-bond acceptors (Lipinski definition) is 6. The molecule has 9 nitrogen and oxygen atoms in total. The molecule has 0 unspecified atom stereocenters. The minimum absolute atomic E-state index is 0.0975. The van der Waals surface area contributed by atoms with Gasteiger partial charge < -0.3 is 19.4 Å². The van der Waals surface area contributed by atoms with E-state index in [1.807, 2.05) is 0 Å². The van der Waals surface area contributed by atoms with Crippen LogP contribution >= 0.6 is 0 Å². The molecule has 0 bridgehead atoms. The molecule has 0 spiro atoms. The number of carbonyl (C=O) groups excluding carboxylic acids is 1. The maximum absolute atomic E-state index is 12.9. The number of aromatic amines is 2. The number of benzene rings is 1. The number of H-pyrrole nitrogens is 2. The molecule has 3 heterocycles. The fourth-order valence-corrected chi connectivity index (χ4v) is 4.98. The first kappa shape index (κ1) is 18.5. The Hall–Kier alpha value is -2.85. The van der Waals surface area contributed by atoms with Crippen LogP contribution in [0.25, 0.3) is 21.8 Å². The zero-order valence-corrected chi connectivity index (χ0v) is 16.0. The van der Waals surface area contributed by atoms with Gasteiger partial charge in [0.25, 0.3) is 5.56 Å². The molecule has 0 saturated carbocycles. The number of carbonyl (C=O) groups is 1. The third-order valence-corrected chi connectivity index (χ3v) is 6.63. The molecule has 4 rings (SSSR count). The van der Waals surface area contributed by atoms with Crippen molar-refractivity contribution in [1.29, 1.82) is 0 Å². The molecule has 2 aromatic heterocycles. The second-order valence-corrected chi connectivity index (χ2v) is 8.40. The Morgan fingerprint density at radius 3 is 2.71 bits per heavy atom. The lowest BCUT2D eigenvalue weighted by molar-refractivity contribution is 0.105. The average molecular weight is 405 g/mol. The quantitative estimate of drug-likeness (QED) is 0.643. The van der Waals surface area contributed by atoms with Crippen LogP contribution in [0.5, 0.6) is 5.75 Å². The van der Waals surface area contributed by atoms with Crippen LogP contribution in [-0.2, 0) is 14.8 Å². The van der Waals surface area contributed by atoms with E-state index >= 15 is 0 Å². The molecule has 3 aromatic rings. The van der Waals surface area contributed by atoms with Gasteiger partial charge in [0.05, 0.1) is 16.9 Å². The van der Waals surface area contributed by atoms with E-state index in [0.29, 0.717) is 29.4 Å². The number of pyridine rings is 1. The maximum atomic E-state index is 12.9. The molecule has 1 aliphatic rings. The van der Waals surface area contributed by atoms with Gasteiger partial charge in [-0.1, -0.05) is 0 Å². The van der Waals surface area contributed by atoms with Crippen molar-refractivity contribution in [2.75, 3.05) is 19.7 Å². The number of aromatic nitrogens is 2. The Labute approximate surface area is 160 Å². The third kappa shape index (κ3) is 3.04.